The number of aryl methyl sites for hydroxylation is 2. The Bertz CT molecular complexity index is 1350. The van der Waals surface area contributed by atoms with Gasteiger partial charge in [0.05, 0.1) is 20.0 Å². The van der Waals surface area contributed by atoms with Crippen LogP contribution in [0.25, 0.3) is 17.1 Å². The van der Waals surface area contributed by atoms with Gasteiger partial charge in [-0.1, -0.05) is 6.07 Å². The Balaban J connectivity index is 1.75. The van der Waals surface area contributed by atoms with Gasteiger partial charge in [-0.3, -0.25) is 14.3 Å². The number of anilines is 1. The van der Waals surface area contributed by atoms with Gasteiger partial charge < -0.3 is 9.47 Å². The molecular formula is C22H23N7O4S. The number of benzene rings is 1. The van der Waals surface area contributed by atoms with Crippen molar-refractivity contribution in [3.05, 3.63) is 66.5 Å². The molecule has 176 valence electrons. The van der Waals surface area contributed by atoms with Crippen molar-refractivity contribution in [2.75, 3.05) is 24.7 Å². The second-order valence-corrected chi connectivity index (χ2v) is 9.12. The van der Waals surface area contributed by atoms with E-state index in [2.05, 4.69) is 29.9 Å². The lowest BCUT2D eigenvalue weighted by molar-refractivity contribution is 0.391. The summed E-state index contributed by atoms with van der Waals surface area (Å²) in [7, 11) is -0.809. The van der Waals surface area contributed by atoms with Crippen molar-refractivity contribution in [1.82, 2.24) is 29.7 Å². The SMILES string of the molecule is COc1cccc(OC)c1-n1c(NS(=O)(=O)CCc2ncc(C)cn2)nnc1-c1cccnc1. The van der Waals surface area contributed by atoms with E-state index < -0.39 is 10.0 Å². The van der Waals surface area contributed by atoms with Crippen LogP contribution in [-0.4, -0.2) is 58.1 Å². The molecule has 34 heavy (non-hydrogen) atoms. The molecule has 4 rings (SSSR count). The van der Waals surface area contributed by atoms with Crippen LogP contribution in [0.1, 0.15) is 11.4 Å². The van der Waals surface area contributed by atoms with Crippen molar-refractivity contribution < 1.29 is 17.9 Å². The third-order valence-electron chi connectivity index (χ3n) is 4.88. The average Bonchev–Trinajstić information content (AvgIpc) is 3.25. The van der Waals surface area contributed by atoms with E-state index in [1.54, 1.807) is 55.1 Å². The number of hydrogen-bond donors (Lipinski definition) is 1. The number of rotatable bonds is 9. The molecule has 0 radical (unpaired) electrons. The molecule has 0 saturated carbocycles. The van der Waals surface area contributed by atoms with Crippen LogP contribution in [0.15, 0.2) is 55.1 Å². The molecule has 0 aliphatic rings. The molecule has 0 aliphatic carbocycles. The standard InChI is InChI=1S/C22H23N7O4S/c1-15-12-24-19(25-13-15)9-11-34(30,31)28-22-27-26-21(16-6-5-10-23-14-16)29(22)20-17(32-2)7-4-8-18(20)33-3/h4-8,10,12-14H,9,11H2,1-3H3,(H,27,28). The van der Waals surface area contributed by atoms with Crippen LogP contribution in [0.5, 0.6) is 11.5 Å². The van der Waals surface area contributed by atoms with Crippen molar-refractivity contribution in [2.24, 2.45) is 0 Å². The molecule has 0 aliphatic heterocycles. The maximum absolute atomic E-state index is 13.0. The van der Waals surface area contributed by atoms with Crippen LogP contribution in [0.4, 0.5) is 5.95 Å². The molecule has 0 unspecified atom stereocenters. The minimum atomic E-state index is -3.83. The second kappa shape index (κ2) is 9.83. The molecular weight excluding hydrogens is 458 g/mol. The van der Waals surface area contributed by atoms with E-state index in [1.807, 2.05) is 6.92 Å². The zero-order valence-corrected chi connectivity index (χ0v) is 19.7. The van der Waals surface area contributed by atoms with E-state index in [4.69, 9.17) is 9.47 Å². The fourth-order valence-electron chi connectivity index (χ4n) is 3.26. The molecule has 0 spiro atoms. The summed E-state index contributed by atoms with van der Waals surface area (Å²) in [4.78, 5) is 12.5. The molecule has 4 aromatic rings. The van der Waals surface area contributed by atoms with Gasteiger partial charge in [0.25, 0.3) is 0 Å². The second-order valence-electron chi connectivity index (χ2n) is 7.28. The Morgan fingerprint density at radius 3 is 2.29 bits per heavy atom. The summed E-state index contributed by atoms with van der Waals surface area (Å²) in [5, 5.41) is 8.36. The average molecular weight is 482 g/mol. The lowest BCUT2D eigenvalue weighted by Crippen LogP contribution is -2.21. The lowest BCUT2D eigenvalue weighted by atomic mass is 10.2. The highest BCUT2D eigenvalue weighted by molar-refractivity contribution is 7.92. The highest BCUT2D eigenvalue weighted by Gasteiger charge is 2.25. The van der Waals surface area contributed by atoms with Crippen molar-refractivity contribution in [3.8, 4) is 28.6 Å². The molecule has 0 fully saturated rings. The summed E-state index contributed by atoms with van der Waals surface area (Å²) < 4.78 is 41.1. The van der Waals surface area contributed by atoms with E-state index in [1.165, 1.54) is 18.8 Å². The monoisotopic (exact) mass is 481 g/mol. The number of aromatic nitrogens is 6. The van der Waals surface area contributed by atoms with Crippen molar-refractivity contribution in [1.29, 1.82) is 0 Å². The highest BCUT2D eigenvalue weighted by Crippen LogP contribution is 2.37. The zero-order chi connectivity index (χ0) is 24.1. The van der Waals surface area contributed by atoms with E-state index in [0.717, 1.165) is 5.56 Å². The molecule has 1 N–H and O–H groups in total. The van der Waals surface area contributed by atoms with Crippen LogP contribution < -0.4 is 14.2 Å². The van der Waals surface area contributed by atoms with Crippen LogP contribution in [0, 0.1) is 6.92 Å². The maximum Gasteiger partial charge on any atom is 0.243 e. The van der Waals surface area contributed by atoms with Gasteiger partial charge in [-0.25, -0.2) is 18.4 Å². The maximum atomic E-state index is 13.0. The number of sulfonamides is 1. The summed E-state index contributed by atoms with van der Waals surface area (Å²) in [6, 6.07) is 8.78. The van der Waals surface area contributed by atoms with Crippen LogP contribution >= 0.6 is 0 Å². The van der Waals surface area contributed by atoms with Gasteiger partial charge >= 0.3 is 0 Å². The van der Waals surface area contributed by atoms with Gasteiger partial charge in [-0.15, -0.1) is 10.2 Å². The normalized spacial score (nSPS) is 11.3. The van der Waals surface area contributed by atoms with Crippen LogP contribution in [0.2, 0.25) is 0 Å². The summed E-state index contributed by atoms with van der Waals surface area (Å²) in [5.41, 5.74) is 1.96. The minimum absolute atomic E-state index is 0.0218. The molecule has 0 atom stereocenters. The largest absolute Gasteiger partial charge is 0.494 e. The van der Waals surface area contributed by atoms with E-state index in [-0.39, 0.29) is 18.1 Å². The van der Waals surface area contributed by atoms with Gasteiger partial charge in [0.15, 0.2) is 5.82 Å². The predicted octanol–water partition coefficient (Wildman–Crippen LogP) is 2.43. The van der Waals surface area contributed by atoms with Crippen molar-refractivity contribution in [3.63, 3.8) is 0 Å². The summed E-state index contributed by atoms with van der Waals surface area (Å²) in [6.07, 6.45) is 6.66. The molecule has 3 aromatic heterocycles. The first-order valence-electron chi connectivity index (χ1n) is 10.3. The number of pyridine rings is 1. The minimum Gasteiger partial charge on any atom is -0.494 e. The van der Waals surface area contributed by atoms with Gasteiger partial charge in [-0.05, 0) is 36.8 Å². The fourth-order valence-corrected chi connectivity index (χ4v) is 4.22. The number of methoxy groups -OCH3 is 2. The quantitative estimate of drug-likeness (QED) is 0.382. The fraction of sp³-hybridized carbons (Fsp3) is 0.227. The first-order valence-corrected chi connectivity index (χ1v) is 11.9. The molecule has 1 aromatic carbocycles. The zero-order valence-electron chi connectivity index (χ0n) is 18.8. The van der Waals surface area contributed by atoms with Gasteiger partial charge in [0, 0.05) is 36.8 Å². The highest BCUT2D eigenvalue weighted by atomic mass is 32.2. The number of para-hydroxylation sites is 1. The van der Waals surface area contributed by atoms with E-state index >= 15 is 0 Å². The summed E-state index contributed by atoms with van der Waals surface area (Å²) in [6.45, 7) is 1.86. The van der Waals surface area contributed by atoms with Crippen molar-refractivity contribution in [2.45, 2.75) is 13.3 Å². The molecule has 12 heteroatoms. The predicted molar refractivity (Wildman–Crippen MR) is 126 cm³/mol. The Hall–Kier alpha value is -4.06. The molecule has 0 amide bonds. The smallest absolute Gasteiger partial charge is 0.243 e. The number of nitrogens with zero attached hydrogens (tertiary/aromatic N) is 6. The molecule has 0 saturated heterocycles. The third kappa shape index (κ3) is 4.96. The van der Waals surface area contributed by atoms with Gasteiger partial charge in [0.2, 0.25) is 16.0 Å². The first-order chi connectivity index (χ1) is 16.4. The first kappa shape index (κ1) is 23.1. The van der Waals surface area contributed by atoms with E-state index in [0.29, 0.717) is 34.4 Å². The molecule has 3 heterocycles. The van der Waals surface area contributed by atoms with E-state index in [9.17, 15) is 8.42 Å². The van der Waals surface area contributed by atoms with Gasteiger partial charge in [-0.2, -0.15) is 0 Å². The topological polar surface area (TPSA) is 134 Å². The third-order valence-corrected chi connectivity index (χ3v) is 6.12. The Morgan fingerprint density at radius 1 is 0.971 bits per heavy atom. The summed E-state index contributed by atoms with van der Waals surface area (Å²) in [5.74, 6) is 1.41. The van der Waals surface area contributed by atoms with Crippen molar-refractivity contribution >= 4 is 16.0 Å². The van der Waals surface area contributed by atoms with Crippen LogP contribution in [-0.2, 0) is 16.4 Å². The number of ether oxygens (including phenoxy) is 2. The van der Waals surface area contributed by atoms with Crippen LogP contribution in [0.3, 0.4) is 0 Å². The Kier molecular flexibility index (Phi) is 6.68. The number of hydrogen-bond acceptors (Lipinski definition) is 9. The Labute approximate surface area is 196 Å². The lowest BCUT2D eigenvalue weighted by Gasteiger charge is -2.17. The number of nitrogens with one attached hydrogen (secondary N) is 1. The van der Waals surface area contributed by atoms with Gasteiger partial charge in [0.1, 0.15) is 23.0 Å². The Morgan fingerprint density at radius 2 is 1.68 bits per heavy atom. The summed E-state index contributed by atoms with van der Waals surface area (Å²) >= 11 is 0. The molecule has 0 bridgehead atoms. The molecule has 11 nitrogen and oxygen atoms in total.